The molecule has 122 valence electrons. The first-order valence-corrected chi connectivity index (χ1v) is 8.07. The highest BCUT2D eigenvalue weighted by atomic mass is 16.1. The van der Waals surface area contributed by atoms with Crippen molar-refractivity contribution in [3.63, 3.8) is 0 Å². The lowest BCUT2D eigenvalue weighted by Gasteiger charge is -2.13. The van der Waals surface area contributed by atoms with Crippen LogP contribution in [0, 0.1) is 6.92 Å². The fourth-order valence-electron chi connectivity index (χ4n) is 3.04. The Hall–Kier alpha value is -2.89. The predicted octanol–water partition coefficient (Wildman–Crippen LogP) is 3.00. The average molecular weight is 321 g/mol. The van der Waals surface area contributed by atoms with Crippen LogP contribution in [0.1, 0.15) is 35.6 Å². The van der Waals surface area contributed by atoms with Crippen molar-refractivity contribution in [2.45, 2.75) is 33.4 Å². The molecule has 0 atom stereocenters. The van der Waals surface area contributed by atoms with Crippen molar-refractivity contribution in [2.24, 2.45) is 0 Å². The number of aromatic amines is 1. The maximum atomic E-state index is 11.8. The van der Waals surface area contributed by atoms with Gasteiger partial charge < -0.3 is 15.6 Å². The number of nitrogens with zero attached hydrogens (tertiary/aromatic N) is 2. The third-order valence-corrected chi connectivity index (χ3v) is 4.15. The maximum absolute atomic E-state index is 11.8. The molecule has 0 bridgehead atoms. The molecule has 0 saturated carbocycles. The quantitative estimate of drug-likeness (QED) is 0.692. The van der Waals surface area contributed by atoms with Gasteiger partial charge >= 0.3 is 0 Å². The van der Waals surface area contributed by atoms with Gasteiger partial charge in [-0.15, -0.1) is 0 Å². The van der Waals surface area contributed by atoms with Gasteiger partial charge in [0, 0.05) is 23.0 Å². The summed E-state index contributed by atoms with van der Waals surface area (Å²) in [6.07, 6.45) is 0. The van der Waals surface area contributed by atoms with Gasteiger partial charge in [-0.3, -0.25) is 4.79 Å². The number of nitrogens with one attached hydrogen (secondary N) is 3. The van der Waals surface area contributed by atoms with E-state index < -0.39 is 0 Å². The number of para-hydroxylation sites is 1. The molecule has 1 aliphatic rings. The molecular weight excluding hydrogens is 302 g/mol. The monoisotopic (exact) mass is 321 g/mol. The molecule has 3 heterocycles. The Balaban J connectivity index is 1.89. The molecule has 0 fully saturated rings. The number of rotatable bonds is 3. The van der Waals surface area contributed by atoms with Crippen molar-refractivity contribution in [1.29, 1.82) is 0 Å². The molecular formula is C18H19N5O. The lowest BCUT2D eigenvalue weighted by atomic mass is 10.1. The number of amides is 1. The molecule has 1 aromatic carbocycles. The Morgan fingerprint density at radius 3 is 2.79 bits per heavy atom. The van der Waals surface area contributed by atoms with E-state index in [4.69, 9.17) is 4.98 Å². The minimum absolute atomic E-state index is 0.0307. The summed E-state index contributed by atoms with van der Waals surface area (Å²) < 4.78 is 0. The Labute approximate surface area is 139 Å². The van der Waals surface area contributed by atoms with Crippen molar-refractivity contribution in [3.8, 4) is 11.3 Å². The second kappa shape index (κ2) is 5.33. The Kier molecular flexibility index (Phi) is 3.26. The summed E-state index contributed by atoms with van der Waals surface area (Å²) in [5.41, 5.74) is 6.03. The first kappa shape index (κ1) is 14.7. The fraction of sp³-hybridized carbons (Fsp3) is 0.278. The third kappa shape index (κ3) is 2.31. The van der Waals surface area contributed by atoms with Gasteiger partial charge in [0.1, 0.15) is 11.3 Å². The van der Waals surface area contributed by atoms with Gasteiger partial charge in [0.05, 0.1) is 23.3 Å². The van der Waals surface area contributed by atoms with Crippen LogP contribution in [0.15, 0.2) is 24.3 Å². The molecule has 0 saturated heterocycles. The molecule has 2 aromatic heterocycles. The van der Waals surface area contributed by atoms with Crippen LogP contribution in [0.3, 0.4) is 0 Å². The van der Waals surface area contributed by atoms with Crippen LogP contribution in [0.5, 0.6) is 0 Å². The van der Waals surface area contributed by atoms with Gasteiger partial charge in [-0.25, -0.2) is 9.97 Å². The highest BCUT2D eigenvalue weighted by Crippen LogP contribution is 2.30. The average Bonchev–Trinajstić information content (AvgIpc) is 3.09. The van der Waals surface area contributed by atoms with E-state index in [0.717, 1.165) is 39.5 Å². The fourth-order valence-corrected chi connectivity index (χ4v) is 3.04. The highest BCUT2D eigenvalue weighted by molar-refractivity contribution is 6.00. The van der Waals surface area contributed by atoms with Crippen molar-refractivity contribution < 1.29 is 4.79 Å². The second-order valence-corrected chi connectivity index (χ2v) is 6.39. The smallest absolute Gasteiger partial charge is 0.253 e. The summed E-state index contributed by atoms with van der Waals surface area (Å²) in [7, 11) is 0. The van der Waals surface area contributed by atoms with Crippen molar-refractivity contribution in [2.75, 3.05) is 5.32 Å². The second-order valence-electron chi connectivity index (χ2n) is 6.39. The molecule has 0 radical (unpaired) electrons. The van der Waals surface area contributed by atoms with Crippen LogP contribution >= 0.6 is 0 Å². The van der Waals surface area contributed by atoms with Gasteiger partial charge in [-0.2, -0.15) is 0 Å². The summed E-state index contributed by atoms with van der Waals surface area (Å²) in [5, 5.41) is 6.15. The zero-order valence-corrected chi connectivity index (χ0v) is 13.9. The predicted molar refractivity (Wildman–Crippen MR) is 94.0 cm³/mol. The molecule has 0 unspecified atom stereocenters. The van der Waals surface area contributed by atoms with Crippen LogP contribution in [0.4, 0.5) is 5.82 Å². The maximum Gasteiger partial charge on any atom is 0.253 e. The van der Waals surface area contributed by atoms with Crippen molar-refractivity contribution in [1.82, 2.24) is 20.3 Å². The number of hydrogen-bond acceptors (Lipinski definition) is 4. The van der Waals surface area contributed by atoms with Crippen molar-refractivity contribution in [3.05, 3.63) is 41.2 Å². The molecule has 3 N–H and O–H groups in total. The SMILES string of the molecule is Cc1nc2cccc(-c3cc4c([nH]3)CNC4=O)c2nc1NC(C)C. The minimum atomic E-state index is -0.0307. The number of H-pyrrole nitrogens is 1. The van der Waals surface area contributed by atoms with Crippen LogP contribution < -0.4 is 10.6 Å². The largest absolute Gasteiger partial charge is 0.366 e. The van der Waals surface area contributed by atoms with Crippen LogP contribution in [-0.2, 0) is 6.54 Å². The third-order valence-electron chi connectivity index (χ3n) is 4.15. The molecule has 6 heteroatoms. The Morgan fingerprint density at radius 1 is 1.21 bits per heavy atom. The normalized spacial score (nSPS) is 13.4. The number of carbonyl (C=O) groups is 1. The van der Waals surface area contributed by atoms with Crippen LogP contribution in [0.25, 0.3) is 22.3 Å². The topological polar surface area (TPSA) is 82.7 Å². The van der Waals surface area contributed by atoms with Gasteiger partial charge in [0.2, 0.25) is 0 Å². The van der Waals surface area contributed by atoms with E-state index in [1.807, 2.05) is 31.2 Å². The molecule has 1 amide bonds. The number of aryl methyl sites for hydroxylation is 1. The first-order valence-electron chi connectivity index (χ1n) is 8.07. The number of hydrogen-bond donors (Lipinski definition) is 3. The van der Waals surface area contributed by atoms with Crippen LogP contribution in [-0.4, -0.2) is 26.9 Å². The number of carbonyl (C=O) groups excluding carboxylic acids is 1. The molecule has 0 aliphatic carbocycles. The van der Waals surface area contributed by atoms with Gasteiger partial charge in [-0.05, 0) is 32.9 Å². The lowest BCUT2D eigenvalue weighted by Crippen LogP contribution is -2.13. The van der Waals surface area contributed by atoms with E-state index in [9.17, 15) is 4.79 Å². The summed E-state index contributed by atoms with van der Waals surface area (Å²) >= 11 is 0. The molecule has 6 nitrogen and oxygen atoms in total. The van der Waals surface area contributed by atoms with Crippen molar-refractivity contribution >= 4 is 22.8 Å². The molecule has 24 heavy (non-hydrogen) atoms. The zero-order chi connectivity index (χ0) is 16.8. The van der Waals surface area contributed by atoms with E-state index in [0.29, 0.717) is 12.1 Å². The summed E-state index contributed by atoms with van der Waals surface area (Å²) in [6, 6.07) is 8.10. The van der Waals surface area contributed by atoms with E-state index in [1.54, 1.807) is 0 Å². The van der Waals surface area contributed by atoms with E-state index in [1.165, 1.54) is 0 Å². The Bertz CT molecular complexity index is 957. The number of benzene rings is 1. The minimum Gasteiger partial charge on any atom is -0.366 e. The number of aromatic nitrogens is 3. The highest BCUT2D eigenvalue weighted by Gasteiger charge is 2.23. The first-order chi connectivity index (χ1) is 11.5. The lowest BCUT2D eigenvalue weighted by molar-refractivity contribution is 0.0966. The Morgan fingerprint density at radius 2 is 2.04 bits per heavy atom. The number of anilines is 1. The molecule has 0 spiro atoms. The summed E-state index contributed by atoms with van der Waals surface area (Å²) in [4.78, 5) is 24.6. The summed E-state index contributed by atoms with van der Waals surface area (Å²) in [5.74, 6) is 0.763. The van der Waals surface area contributed by atoms with Gasteiger partial charge in [0.25, 0.3) is 5.91 Å². The number of fused-ring (bicyclic) bond motifs is 2. The standard InChI is InChI=1S/C18H19N5O/c1-9(2)20-17-10(3)21-13-6-4-5-11(16(13)23-17)14-7-12-15(22-14)8-19-18(12)24/h4-7,9,22H,8H2,1-3H3,(H,19,24)(H,20,23). The van der Waals surface area contributed by atoms with E-state index >= 15 is 0 Å². The van der Waals surface area contributed by atoms with E-state index in [2.05, 4.69) is 34.4 Å². The molecule has 1 aliphatic heterocycles. The molecule has 4 rings (SSSR count). The van der Waals surface area contributed by atoms with Crippen LogP contribution in [0.2, 0.25) is 0 Å². The van der Waals surface area contributed by atoms with Gasteiger partial charge in [-0.1, -0.05) is 12.1 Å². The van der Waals surface area contributed by atoms with E-state index in [-0.39, 0.29) is 11.9 Å². The molecule has 3 aromatic rings. The van der Waals surface area contributed by atoms with Gasteiger partial charge in [0.15, 0.2) is 0 Å². The zero-order valence-electron chi connectivity index (χ0n) is 13.9. The summed E-state index contributed by atoms with van der Waals surface area (Å²) in [6.45, 7) is 6.65.